The molecule has 3 aromatic rings. The molecule has 158 valence electrons. The highest BCUT2D eigenvalue weighted by Gasteiger charge is 2.42. The van der Waals surface area contributed by atoms with Crippen molar-refractivity contribution in [1.29, 1.82) is 0 Å². The van der Waals surface area contributed by atoms with Crippen LogP contribution in [0.3, 0.4) is 0 Å². The molecule has 4 heterocycles. The summed E-state index contributed by atoms with van der Waals surface area (Å²) in [4.78, 5) is 44.0. The number of aromatic nitrogens is 2. The highest BCUT2D eigenvalue weighted by molar-refractivity contribution is 8.15. The molecule has 1 N–H and O–H groups in total. The Labute approximate surface area is 183 Å². The zero-order chi connectivity index (χ0) is 21.4. The molecule has 2 aliphatic rings. The third kappa shape index (κ3) is 3.88. The Hall–Kier alpha value is -2.97. The molecule has 2 atom stereocenters. The van der Waals surface area contributed by atoms with Crippen LogP contribution in [0.2, 0.25) is 0 Å². The number of piperidine rings is 1. The van der Waals surface area contributed by atoms with Gasteiger partial charge in [0, 0.05) is 30.1 Å². The van der Waals surface area contributed by atoms with E-state index in [-0.39, 0.29) is 28.7 Å². The molecule has 7 nitrogen and oxygen atoms in total. The van der Waals surface area contributed by atoms with E-state index in [1.54, 1.807) is 12.1 Å². The molecule has 2 saturated heterocycles. The van der Waals surface area contributed by atoms with E-state index in [4.69, 9.17) is 0 Å². The lowest BCUT2D eigenvalue weighted by Crippen LogP contribution is -2.57. The number of hydrogen-bond acceptors (Lipinski definition) is 6. The summed E-state index contributed by atoms with van der Waals surface area (Å²) in [7, 11) is 0. The van der Waals surface area contributed by atoms with E-state index in [0.29, 0.717) is 17.8 Å². The lowest BCUT2D eigenvalue weighted by Gasteiger charge is -2.38. The number of benzene rings is 1. The average Bonchev–Trinajstić information content (AvgIpc) is 3.37. The number of Topliss-reactive ketones (excluding diaryl/α,β-unsaturated/α-hetero) is 1. The van der Waals surface area contributed by atoms with Gasteiger partial charge in [0.1, 0.15) is 11.7 Å². The second-order valence-electron chi connectivity index (χ2n) is 7.87. The van der Waals surface area contributed by atoms with Crippen molar-refractivity contribution >= 4 is 34.2 Å². The van der Waals surface area contributed by atoms with E-state index in [2.05, 4.69) is 10.3 Å². The Kier molecular flexibility index (Phi) is 5.33. The van der Waals surface area contributed by atoms with Crippen LogP contribution in [0.25, 0.3) is 16.9 Å². The molecule has 31 heavy (non-hydrogen) atoms. The first-order chi connectivity index (χ1) is 15.1. The molecular formula is C23H22N4O3S. The van der Waals surface area contributed by atoms with E-state index in [0.717, 1.165) is 42.3 Å². The first kappa shape index (κ1) is 20.0. The fourth-order valence-corrected chi connectivity index (χ4v) is 5.14. The summed E-state index contributed by atoms with van der Waals surface area (Å²) in [6.45, 7) is 0.632. The van der Waals surface area contributed by atoms with Crippen LogP contribution in [0.15, 0.2) is 54.9 Å². The number of thioether (sulfide) groups is 1. The summed E-state index contributed by atoms with van der Waals surface area (Å²) >= 11 is 1.07. The Balaban J connectivity index is 1.36. The van der Waals surface area contributed by atoms with Crippen LogP contribution in [0.5, 0.6) is 0 Å². The van der Waals surface area contributed by atoms with Gasteiger partial charge >= 0.3 is 0 Å². The highest BCUT2D eigenvalue weighted by atomic mass is 32.2. The number of nitrogens with one attached hydrogen (secondary N) is 1. The van der Waals surface area contributed by atoms with Gasteiger partial charge in [-0.1, -0.05) is 42.1 Å². The molecule has 8 heteroatoms. The maximum absolute atomic E-state index is 13.0. The standard InChI is InChI=1S/C23H22N4O3S/c28-18-14-31-23(30)21(18)27-10-5-4-8-19(27)25-22(29)16-9-11-26-13-17(24-20(26)12-16)15-6-2-1-3-7-15/h1-3,6-7,9,11-13,19,21H,4-5,8,10,14H2,(H,25,29). The van der Waals surface area contributed by atoms with Gasteiger partial charge in [-0.2, -0.15) is 0 Å². The van der Waals surface area contributed by atoms with Crippen molar-refractivity contribution in [3.05, 3.63) is 60.4 Å². The van der Waals surface area contributed by atoms with Crippen molar-refractivity contribution in [2.75, 3.05) is 12.3 Å². The van der Waals surface area contributed by atoms with Crippen LogP contribution < -0.4 is 5.32 Å². The quantitative estimate of drug-likeness (QED) is 0.636. The normalized spacial score (nSPS) is 22.2. The predicted octanol–water partition coefficient (Wildman–Crippen LogP) is 2.75. The molecule has 0 spiro atoms. The van der Waals surface area contributed by atoms with Crippen molar-refractivity contribution < 1.29 is 14.4 Å². The van der Waals surface area contributed by atoms with Gasteiger partial charge in [0.2, 0.25) is 5.12 Å². The number of likely N-dealkylation sites (tertiary alicyclic amines) is 1. The van der Waals surface area contributed by atoms with E-state index in [9.17, 15) is 14.4 Å². The van der Waals surface area contributed by atoms with Crippen LogP contribution in [0, 0.1) is 0 Å². The molecule has 1 amide bonds. The summed E-state index contributed by atoms with van der Waals surface area (Å²) in [5, 5.41) is 2.93. The highest BCUT2D eigenvalue weighted by Crippen LogP contribution is 2.27. The number of carbonyl (C=O) groups is 3. The van der Waals surface area contributed by atoms with Gasteiger partial charge in [-0.05, 0) is 31.4 Å². The maximum Gasteiger partial charge on any atom is 0.252 e. The largest absolute Gasteiger partial charge is 0.336 e. The van der Waals surface area contributed by atoms with Gasteiger partial charge in [0.15, 0.2) is 5.78 Å². The monoisotopic (exact) mass is 434 g/mol. The summed E-state index contributed by atoms with van der Waals surface area (Å²) < 4.78 is 1.89. The molecule has 1 aromatic carbocycles. The molecule has 5 rings (SSSR count). The minimum absolute atomic E-state index is 0.0663. The van der Waals surface area contributed by atoms with Gasteiger partial charge < -0.3 is 9.72 Å². The van der Waals surface area contributed by atoms with E-state index in [1.165, 1.54) is 0 Å². The maximum atomic E-state index is 13.0. The Morgan fingerprint density at radius 3 is 2.74 bits per heavy atom. The number of pyridine rings is 1. The zero-order valence-electron chi connectivity index (χ0n) is 16.9. The Bertz CT molecular complexity index is 1140. The van der Waals surface area contributed by atoms with Crippen molar-refractivity contribution in [1.82, 2.24) is 19.6 Å². The Morgan fingerprint density at radius 2 is 1.97 bits per heavy atom. The number of fused-ring (bicyclic) bond motifs is 1. The van der Waals surface area contributed by atoms with E-state index < -0.39 is 6.04 Å². The number of ketones is 1. The first-order valence-electron chi connectivity index (χ1n) is 10.4. The zero-order valence-corrected chi connectivity index (χ0v) is 17.7. The number of hydrogen-bond donors (Lipinski definition) is 1. The van der Waals surface area contributed by atoms with Crippen molar-refractivity contribution in [3.63, 3.8) is 0 Å². The molecule has 0 bridgehead atoms. The third-order valence-electron chi connectivity index (χ3n) is 5.85. The van der Waals surface area contributed by atoms with Crippen molar-refractivity contribution in [2.24, 2.45) is 0 Å². The van der Waals surface area contributed by atoms with Crippen molar-refractivity contribution in [2.45, 2.75) is 31.5 Å². The molecule has 2 unspecified atom stereocenters. The minimum atomic E-state index is -0.737. The Morgan fingerprint density at radius 1 is 1.13 bits per heavy atom. The number of amides is 1. The molecule has 2 fully saturated rings. The topological polar surface area (TPSA) is 83.8 Å². The van der Waals surface area contributed by atoms with Crippen LogP contribution in [-0.2, 0) is 9.59 Å². The third-order valence-corrected chi connectivity index (χ3v) is 6.79. The number of carbonyl (C=O) groups excluding carboxylic acids is 3. The van der Waals surface area contributed by atoms with Crippen LogP contribution in [-0.4, -0.2) is 55.6 Å². The fraction of sp³-hybridized carbons (Fsp3) is 0.304. The molecule has 2 aromatic heterocycles. The van der Waals surface area contributed by atoms with Crippen LogP contribution in [0.1, 0.15) is 29.6 Å². The molecule has 0 saturated carbocycles. The van der Waals surface area contributed by atoms with Crippen LogP contribution in [0.4, 0.5) is 0 Å². The average molecular weight is 435 g/mol. The SMILES string of the molecule is O=C(NC1CCCCN1C1C(=O)CSC1=O)c1ccn2cc(-c3ccccc3)nc2c1. The lowest BCUT2D eigenvalue weighted by atomic mass is 10.0. The summed E-state index contributed by atoms with van der Waals surface area (Å²) in [6.07, 6.45) is 6.01. The summed E-state index contributed by atoms with van der Waals surface area (Å²) in [5.74, 6) is -0.0707. The fourth-order valence-electron chi connectivity index (χ4n) is 4.28. The molecule has 0 aliphatic carbocycles. The van der Waals surface area contributed by atoms with E-state index >= 15 is 0 Å². The van der Waals surface area contributed by atoms with Gasteiger partial charge in [-0.3, -0.25) is 19.3 Å². The molecule has 2 aliphatic heterocycles. The van der Waals surface area contributed by atoms with Crippen LogP contribution >= 0.6 is 11.8 Å². The van der Waals surface area contributed by atoms with Gasteiger partial charge in [0.25, 0.3) is 5.91 Å². The number of imidazole rings is 1. The summed E-state index contributed by atoms with van der Waals surface area (Å²) in [5.41, 5.74) is 3.04. The smallest absolute Gasteiger partial charge is 0.252 e. The molecule has 0 radical (unpaired) electrons. The molecular weight excluding hydrogens is 412 g/mol. The summed E-state index contributed by atoms with van der Waals surface area (Å²) in [6, 6.07) is 12.7. The minimum Gasteiger partial charge on any atom is -0.336 e. The van der Waals surface area contributed by atoms with Crippen molar-refractivity contribution in [3.8, 4) is 11.3 Å². The van der Waals surface area contributed by atoms with Gasteiger partial charge in [-0.15, -0.1) is 0 Å². The second kappa shape index (κ2) is 8.28. The van der Waals surface area contributed by atoms with E-state index in [1.807, 2.05) is 52.0 Å². The first-order valence-corrected chi connectivity index (χ1v) is 11.4. The van der Waals surface area contributed by atoms with Gasteiger partial charge in [0.05, 0.1) is 17.6 Å². The number of nitrogens with zero attached hydrogens (tertiary/aromatic N) is 3. The predicted molar refractivity (Wildman–Crippen MR) is 119 cm³/mol. The number of rotatable bonds is 4. The second-order valence-corrected chi connectivity index (χ2v) is 8.85. The van der Waals surface area contributed by atoms with Gasteiger partial charge in [-0.25, -0.2) is 4.98 Å². The lowest BCUT2D eigenvalue weighted by molar-refractivity contribution is -0.129.